The van der Waals surface area contributed by atoms with Crippen molar-refractivity contribution in [3.05, 3.63) is 36.4 Å². The summed E-state index contributed by atoms with van der Waals surface area (Å²) in [6, 6.07) is 4.08. The quantitative estimate of drug-likeness (QED) is 0.857. The van der Waals surface area contributed by atoms with E-state index in [0.29, 0.717) is 26.3 Å². The van der Waals surface area contributed by atoms with E-state index in [0.717, 1.165) is 17.6 Å². The Morgan fingerprint density at radius 2 is 2.29 bits per heavy atom. The Balaban J connectivity index is 1.76. The molecule has 0 spiro atoms. The highest BCUT2D eigenvalue weighted by Crippen LogP contribution is 2.20. The van der Waals surface area contributed by atoms with E-state index in [9.17, 15) is 4.79 Å². The minimum absolute atomic E-state index is 0.00866. The molecule has 0 unspecified atom stereocenters. The summed E-state index contributed by atoms with van der Waals surface area (Å²) >= 11 is 0. The SMILES string of the molecule is COC(C)(C)C(=O)N1CCOC[C@@H](Cc2nccn3cccc23)C1. The molecule has 2 aromatic rings. The van der Waals surface area contributed by atoms with E-state index in [1.54, 1.807) is 21.0 Å². The summed E-state index contributed by atoms with van der Waals surface area (Å²) < 4.78 is 13.1. The first-order valence-corrected chi connectivity index (χ1v) is 8.34. The third kappa shape index (κ3) is 3.44. The van der Waals surface area contributed by atoms with Crippen LogP contribution in [0.25, 0.3) is 5.52 Å². The molecule has 0 bridgehead atoms. The second-order valence-electron chi connectivity index (χ2n) is 6.79. The normalized spacial score (nSPS) is 19.5. The van der Waals surface area contributed by atoms with Crippen LogP contribution in [0.3, 0.4) is 0 Å². The molecule has 6 heteroatoms. The number of nitrogens with zero attached hydrogens (tertiary/aromatic N) is 3. The van der Waals surface area contributed by atoms with Crippen LogP contribution in [0, 0.1) is 5.92 Å². The molecule has 1 atom stereocenters. The zero-order valence-corrected chi connectivity index (χ0v) is 14.6. The minimum Gasteiger partial charge on any atom is -0.379 e. The van der Waals surface area contributed by atoms with Gasteiger partial charge in [-0.15, -0.1) is 0 Å². The molecule has 24 heavy (non-hydrogen) atoms. The van der Waals surface area contributed by atoms with Crippen LogP contribution in [-0.2, 0) is 20.7 Å². The molecule has 1 aliphatic heterocycles. The first kappa shape index (κ1) is 16.9. The summed E-state index contributed by atoms with van der Waals surface area (Å²) in [5.74, 6) is 0.229. The molecule has 0 aromatic carbocycles. The van der Waals surface area contributed by atoms with Gasteiger partial charge in [-0.1, -0.05) is 0 Å². The lowest BCUT2D eigenvalue weighted by atomic mass is 10.0. The fraction of sp³-hybridized carbons (Fsp3) is 0.556. The van der Waals surface area contributed by atoms with Crippen molar-refractivity contribution in [3.63, 3.8) is 0 Å². The molecular formula is C18H25N3O3. The number of carbonyl (C=O) groups is 1. The lowest BCUT2D eigenvalue weighted by Gasteiger charge is -2.31. The van der Waals surface area contributed by atoms with Crippen LogP contribution in [-0.4, -0.2) is 59.2 Å². The number of ether oxygens (including phenoxy) is 2. The van der Waals surface area contributed by atoms with Gasteiger partial charge in [-0.05, 0) is 32.4 Å². The third-order valence-electron chi connectivity index (χ3n) is 4.66. The molecule has 1 amide bonds. The average molecular weight is 331 g/mol. The summed E-state index contributed by atoms with van der Waals surface area (Å²) in [4.78, 5) is 19.1. The topological polar surface area (TPSA) is 56.1 Å². The predicted molar refractivity (Wildman–Crippen MR) is 90.9 cm³/mol. The molecule has 0 saturated carbocycles. The van der Waals surface area contributed by atoms with E-state index >= 15 is 0 Å². The molecule has 0 N–H and O–H groups in total. The number of methoxy groups -OCH3 is 1. The van der Waals surface area contributed by atoms with Crippen molar-refractivity contribution >= 4 is 11.4 Å². The van der Waals surface area contributed by atoms with Crippen LogP contribution in [0.2, 0.25) is 0 Å². The predicted octanol–water partition coefficient (Wildman–Crippen LogP) is 1.78. The number of aromatic nitrogens is 2. The third-order valence-corrected chi connectivity index (χ3v) is 4.66. The summed E-state index contributed by atoms with van der Waals surface area (Å²) in [5, 5.41) is 0. The smallest absolute Gasteiger partial charge is 0.254 e. The average Bonchev–Trinajstić information content (AvgIpc) is 2.95. The second kappa shape index (κ2) is 6.91. The molecule has 3 rings (SSSR count). The van der Waals surface area contributed by atoms with Gasteiger partial charge in [0.2, 0.25) is 0 Å². The van der Waals surface area contributed by atoms with Crippen molar-refractivity contribution in [1.82, 2.24) is 14.3 Å². The number of carbonyl (C=O) groups excluding carboxylic acids is 1. The van der Waals surface area contributed by atoms with Crippen LogP contribution in [0.4, 0.5) is 0 Å². The summed E-state index contributed by atoms with van der Waals surface area (Å²) in [5.41, 5.74) is 1.34. The van der Waals surface area contributed by atoms with Crippen molar-refractivity contribution in [2.24, 2.45) is 5.92 Å². The number of fused-ring (bicyclic) bond motifs is 1. The van der Waals surface area contributed by atoms with Crippen molar-refractivity contribution in [2.45, 2.75) is 25.9 Å². The van der Waals surface area contributed by atoms with E-state index in [1.165, 1.54) is 0 Å². The molecule has 3 heterocycles. The van der Waals surface area contributed by atoms with Gasteiger partial charge < -0.3 is 18.8 Å². The monoisotopic (exact) mass is 331 g/mol. The Morgan fingerprint density at radius 3 is 3.08 bits per heavy atom. The fourth-order valence-electron chi connectivity index (χ4n) is 3.12. The number of hydrogen-bond acceptors (Lipinski definition) is 4. The van der Waals surface area contributed by atoms with Gasteiger partial charge >= 0.3 is 0 Å². The molecule has 1 fully saturated rings. The second-order valence-corrected chi connectivity index (χ2v) is 6.79. The lowest BCUT2D eigenvalue weighted by Crippen LogP contribution is -2.48. The van der Waals surface area contributed by atoms with Gasteiger partial charge in [-0.3, -0.25) is 9.78 Å². The Morgan fingerprint density at radius 1 is 1.46 bits per heavy atom. The summed E-state index contributed by atoms with van der Waals surface area (Å²) in [6.45, 7) is 6.07. The highest BCUT2D eigenvalue weighted by molar-refractivity contribution is 5.84. The molecule has 0 radical (unpaired) electrons. The Labute approximate surface area is 142 Å². The van der Waals surface area contributed by atoms with Gasteiger partial charge in [-0.25, -0.2) is 0 Å². The Kier molecular flexibility index (Phi) is 4.87. The number of hydrogen-bond donors (Lipinski definition) is 0. The summed E-state index contributed by atoms with van der Waals surface area (Å²) in [7, 11) is 1.57. The van der Waals surface area contributed by atoms with Crippen LogP contribution in [0.1, 0.15) is 19.5 Å². The van der Waals surface area contributed by atoms with Gasteiger partial charge in [0.1, 0.15) is 5.60 Å². The van der Waals surface area contributed by atoms with Gasteiger partial charge in [0.05, 0.1) is 24.4 Å². The maximum atomic E-state index is 12.7. The molecule has 2 aromatic heterocycles. The van der Waals surface area contributed by atoms with E-state index in [4.69, 9.17) is 9.47 Å². The van der Waals surface area contributed by atoms with Crippen molar-refractivity contribution in [1.29, 1.82) is 0 Å². The largest absolute Gasteiger partial charge is 0.379 e. The zero-order valence-electron chi connectivity index (χ0n) is 14.6. The molecule has 1 aliphatic rings. The maximum absolute atomic E-state index is 12.7. The van der Waals surface area contributed by atoms with Crippen LogP contribution in [0.5, 0.6) is 0 Å². The Bertz CT molecular complexity index is 710. The van der Waals surface area contributed by atoms with E-state index in [1.807, 2.05) is 29.6 Å². The highest BCUT2D eigenvalue weighted by atomic mass is 16.5. The molecule has 6 nitrogen and oxygen atoms in total. The maximum Gasteiger partial charge on any atom is 0.254 e. The van der Waals surface area contributed by atoms with Crippen LogP contribution >= 0.6 is 0 Å². The summed E-state index contributed by atoms with van der Waals surface area (Å²) in [6.07, 6.45) is 6.56. The molecular weight excluding hydrogens is 306 g/mol. The first-order chi connectivity index (χ1) is 11.5. The minimum atomic E-state index is -0.811. The van der Waals surface area contributed by atoms with Crippen molar-refractivity contribution < 1.29 is 14.3 Å². The highest BCUT2D eigenvalue weighted by Gasteiger charge is 2.34. The van der Waals surface area contributed by atoms with Gasteiger partial charge in [0.15, 0.2) is 0 Å². The van der Waals surface area contributed by atoms with Gasteiger partial charge in [0, 0.05) is 44.7 Å². The standard InChI is InChI=1S/C18H25N3O3/c1-18(2,23-3)17(22)21-9-10-24-13-14(12-21)11-15-16-5-4-7-20(16)8-6-19-15/h4-8,14H,9-13H2,1-3H3/t14-/m0/s1. The Hall–Kier alpha value is -1.92. The molecule has 130 valence electrons. The molecule has 0 aliphatic carbocycles. The van der Waals surface area contributed by atoms with E-state index < -0.39 is 5.60 Å². The fourth-order valence-corrected chi connectivity index (χ4v) is 3.12. The molecule has 1 saturated heterocycles. The van der Waals surface area contributed by atoms with E-state index in [2.05, 4.69) is 15.5 Å². The number of rotatable bonds is 4. The van der Waals surface area contributed by atoms with Gasteiger partial charge in [0.25, 0.3) is 5.91 Å². The van der Waals surface area contributed by atoms with E-state index in [-0.39, 0.29) is 11.8 Å². The zero-order chi connectivity index (χ0) is 17.2. The lowest BCUT2D eigenvalue weighted by molar-refractivity contribution is -0.151. The number of amides is 1. The van der Waals surface area contributed by atoms with Gasteiger partial charge in [-0.2, -0.15) is 0 Å². The first-order valence-electron chi connectivity index (χ1n) is 8.34. The van der Waals surface area contributed by atoms with Crippen molar-refractivity contribution in [2.75, 3.05) is 33.4 Å². The van der Waals surface area contributed by atoms with Crippen LogP contribution < -0.4 is 0 Å². The van der Waals surface area contributed by atoms with Crippen LogP contribution in [0.15, 0.2) is 30.7 Å². The van der Waals surface area contributed by atoms with Crippen molar-refractivity contribution in [3.8, 4) is 0 Å².